The van der Waals surface area contributed by atoms with Crippen LogP contribution in [0.25, 0.3) is 0 Å². The molecular formula is C13H16BrNO3. The Morgan fingerprint density at radius 3 is 2.56 bits per heavy atom. The molecular weight excluding hydrogens is 298 g/mol. The molecule has 0 heterocycles. The fourth-order valence-corrected chi connectivity index (χ4v) is 2.20. The summed E-state index contributed by atoms with van der Waals surface area (Å²) >= 11 is 3.32. The molecule has 0 saturated carbocycles. The normalized spacial score (nSPS) is 11.9. The maximum absolute atomic E-state index is 11.9. The van der Waals surface area contributed by atoms with Gasteiger partial charge in [-0.05, 0) is 37.1 Å². The summed E-state index contributed by atoms with van der Waals surface area (Å²) in [4.78, 5) is 22.7. The highest BCUT2D eigenvalue weighted by Crippen LogP contribution is 2.15. The summed E-state index contributed by atoms with van der Waals surface area (Å²) < 4.78 is 0.831. The number of halogens is 1. The van der Waals surface area contributed by atoms with Crippen LogP contribution in [0.2, 0.25) is 0 Å². The molecule has 0 radical (unpaired) electrons. The lowest BCUT2D eigenvalue weighted by Crippen LogP contribution is -2.32. The molecule has 0 bridgehead atoms. The smallest absolute Gasteiger partial charge is 0.308 e. The minimum Gasteiger partial charge on any atom is -0.481 e. The van der Waals surface area contributed by atoms with Crippen molar-refractivity contribution in [1.82, 2.24) is 5.32 Å². The second-order valence-corrected chi connectivity index (χ2v) is 5.09. The summed E-state index contributed by atoms with van der Waals surface area (Å²) in [5.74, 6) is -1.68. The van der Waals surface area contributed by atoms with Gasteiger partial charge < -0.3 is 10.4 Å². The summed E-state index contributed by atoms with van der Waals surface area (Å²) in [5.41, 5.74) is 1.50. The number of nitrogens with one attached hydrogen (secondary N) is 1. The van der Waals surface area contributed by atoms with Crippen LogP contribution in [0.1, 0.15) is 29.3 Å². The van der Waals surface area contributed by atoms with Gasteiger partial charge in [0.25, 0.3) is 5.91 Å². The van der Waals surface area contributed by atoms with Gasteiger partial charge in [-0.2, -0.15) is 0 Å². The zero-order chi connectivity index (χ0) is 13.7. The third kappa shape index (κ3) is 4.14. The number of benzene rings is 1. The predicted molar refractivity (Wildman–Crippen MR) is 72.6 cm³/mol. The van der Waals surface area contributed by atoms with E-state index in [0.29, 0.717) is 12.0 Å². The molecule has 1 atom stereocenters. The van der Waals surface area contributed by atoms with Crippen LogP contribution < -0.4 is 5.32 Å². The van der Waals surface area contributed by atoms with E-state index in [2.05, 4.69) is 21.2 Å². The number of rotatable bonds is 5. The number of hydrogen-bond acceptors (Lipinski definition) is 2. The highest BCUT2D eigenvalue weighted by atomic mass is 79.9. The molecule has 0 aliphatic heterocycles. The van der Waals surface area contributed by atoms with E-state index in [0.717, 1.165) is 10.0 Å². The van der Waals surface area contributed by atoms with Gasteiger partial charge in [-0.3, -0.25) is 9.59 Å². The molecule has 1 unspecified atom stereocenters. The van der Waals surface area contributed by atoms with Crippen molar-refractivity contribution < 1.29 is 14.7 Å². The van der Waals surface area contributed by atoms with Crippen LogP contribution in [0.15, 0.2) is 22.7 Å². The molecule has 18 heavy (non-hydrogen) atoms. The Morgan fingerprint density at radius 2 is 2.06 bits per heavy atom. The molecule has 1 aromatic carbocycles. The van der Waals surface area contributed by atoms with Gasteiger partial charge in [-0.1, -0.05) is 22.9 Å². The highest BCUT2D eigenvalue weighted by molar-refractivity contribution is 9.10. The Morgan fingerprint density at radius 1 is 1.39 bits per heavy atom. The summed E-state index contributed by atoms with van der Waals surface area (Å²) in [6, 6.07) is 5.38. The van der Waals surface area contributed by atoms with Gasteiger partial charge in [-0.15, -0.1) is 0 Å². The van der Waals surface area contributed by atoms with Crippen molar-refractivity contribution in [3.63, 3.8) is 0 Å². The van der Waals surface area contributed by atoms with Crippen molar-refractivity contribution in [2.75, 3.05) is 6.54 Å². The van der Waals surface area contributed by atoms with Crippen LogP contribution in [0.3, 0.4) is 0 Å². The van der Waals surface area contributed by atoms with E-state index < -0.39 is 11.9 Å². The standard InChI is InChI=1S/C13H16BrNO3/c1-3-9(13(17)18)7-15-12(16)10-4-8(2)5-11(14)6-10/h4-6,9H,3,7H2,1-2H3,(H,15,16)(H,17,18). The van der Waals surface area contributed by atoms with Gasteiger partial charge in [0, 0.05) is 16.6 Å². The average molecular weight is 314 g/mol. The first-order valence-corrected chi connectivity index (χ1v) is 6.51. The van der Waals surface area contributed by atoms with Gasteiger partial charge in [0.2, 0.25) is 0 Å². The number of amides is 1. The van der Waals surface area contributed by atoms with E-state index in [9.17, 15) is 9.59 Å². The third-order valence-electron chi connectivity index (χ3n) is 2.66. The number of aryl methyl sites for hydroxylation is 1. The molecule has 0 aliphatic rings. The maximum atomic E-state index is 11.9. The van der Waals surface area contributed by atoms with E-state index in [4.69, 9.17) is 5.11 Å². The summed E-state index contributed by atoms with van der Waals surface area (Å²) in [6.07, 6.45) is 0.493. The molecule has 98 valence electrons. The zero-order valence-corrected chi connectivity index (χ0v) is 12.0. The van der Waals surface area contributed by atoms with Crippen molar-refractivity contribution in [2.45, 2.75) is 20.3 Å². The lowest BCUT2D eigenvalue weighted by atomic mass is 10.1. The molecule has 4 nitrogen and oxygen atoms in total. The Bertz CT molecular complexity index is 439. The summed E-state index contributed by atoms with van der Waals surface area (Å²) in [6.45, 7) is 3.83. The number of carboxylic acid groups (broad SMARTS) is 1. The van der Waals surface area contributed by atoms with Gasteiger partial charge in [-0.25, -0.2) is 0 Å². The second-order valence-electron chi connectivity index (χ2n) is 4.17. The highest BCUT2D eigenvalue weighted by Gasteiger charge is 2.16. The van der Waals surface area contributed by atoms with Crippen molar-refractivity contribution in [3.8, 4) is 0 Å². The number of hydrogen-bond donors (Lipinski definition) is 2. The SMILES string of the molecule is CCC(CNC(=O)c1cc(C)cc(Br)c1)C(=O)O. The van der Waals surface area contributed by atoms with E-state index in [1.165, 1.54) is 0 Å². The van der Waals surface area contributed by atoms with Gasteiger partial charge in [0.05, 0.1) is 5.92 Å². The maximum Gasteiger partial charge on any atom is 0.308 e. The van der Waals surface area contributed by atoms with Gasteiger partial charge >= 0.3 is 5.97 Å². The fourth-order valence-electron chi connectivity index (χ4n) is 1.59. The Kier molecular flexibility index (Phi) is 5.34. The summed E-state index contributed by atoms with van der Waals surface area (Å²) in [7, 11) is 0. The summed E-state index contributed by atoms with van der Waals surface area (Å²) in [5, 5.41) is 11.5. The first-order chi connectivity index (χ1) is 8.43. The lowest BCUT2D eigenvalue weighted by Gasteiger charge is -2.11. The number of aliphatic carboxylic acids is 1. The van der Waals surface area contributed by atoms with Crippen LogP contribution in [0.5, 0.6) is 0 Å². The van der Waals surface area contributed by atoms with Crippen LogP contribution in [0, 0.1) is 12.8 Å². The van der Waals surface area contributed by atoms with Crippen molar-refractivity contribution in [2.24, 2.45) is 5.92 Å². The number of carbonyl (C=O) groups excluding carboxylic acids is 1. The molecule has 0 saturated heterocycles. The molecule has 0 aliphatic carbocycles. The Labute approximate surface area is 115 Å². The average Bonchev–Trinajstić information content (AvgIpc) is 2.27. The number of carbonyl (C=O) groups is 2. The topological polar surface area (TPSA) is 66.4 Å². The second kappa shape index (κ2) is 6.54. The van der Waals surface area contributed by atoms with Crippen molar-refractivity contribution in [1.29, 1.82) is 0 Å². The molecule has 0 spiro atoms. The van der Waals surface area contributed by atoms with Gasteiger partial charge in [0.1, 0.15) is 0 Å². The van der Waals surface area contributed by atoms with E-state index >= 15 is 0 Å². The predicted octanol–water partition coefficient (Wildman–Crippen LogP) is 2.60. The van der Waals surface area contributed by atoms with Crippen molar-refractivity contribution in [3.05, 3.63) is 33.8 Å². The molecule has 2 N–H and O–H groups in total. The van der Waals surface area contributed by atoms with E-state index in [-0.39, 0.29) is 12.5 Å². The molecule has 1 aromatic rings. The molecule has 1 amide bonds. The first-order valence-electron chi connectivity index (χ1n) is 5.72. The zero-order valence-electron chi connectivity index (χ0n) is 10.4. The largest absolute Gasteiger partial charge is 0.481 e. The first kappa shape index (κ1) is 14.7. The Hall–Kier alpha value is -1.36. The third-order valence-corrected chi connectivity index (χ3v) is 3.11. The quantitative estimate of drug-likeness (QED) is 0.878. The van der Waals surface area contributed by atoms with Crippen molar-refractivity contribution >= 4 is 27.8 Å². The van der Waals surface area contributed by atoms with E-state index in [1.807, 2.05) is 13.0 Å². The molecule has 1 rings (SSSR count). The fraction of sp³-hybridized carbons (Fsp3) is 0.385. The molecule has 5 heteroatoms. The van der Waals surface area contributed by atoms with Crippen LogP contribution in [-0.4, -0.2) is 23.5 Å². The van der Waals surface area contributed by atoms with Crippen LogP contribution in [0.4, 0.5) is 0 Å². The number of carboxylic acids is 1. The lowest BCUT2D eigenvalue weighted by molar-refractivity contribution is -0.141. The van der Waals surface area contributed by atoms with Gasteiger partial charge in [0.15, 0.2) is 0 Å². The monoisotopic (exact) mass is 313 g/mol. The van der Waals surface area contributed by atoms with E-state index in [1.54, 1.807) is 19.1 Å². The Balaban J connectivity index is 2.68. The van der Waals surface area contributed by atoms with Crippen LogP contribution >= 0.6 is 15.9 Å². The van der Waals surface area contributed by atoms with Crippen LogP contribution in [-0.2, 0) is 4.79 Å². The molecule has 0 aromatic heterocycles. The molecule has 0 fully saturated rings. The minimum absolute atomic E-state index is 0.149. The minimum atomic E-state index is -0.886.